The standard InChI is InChI=1S/C15H22O3/c1-4-11-17-12(2)5-6-14-7-9-15(10-8-14)18-13(3)16/h7-10,12H,4-6,11H2,1-3H3. The zero-order chi connectivity index (χ0) is 13.4. The fourth-order valence-corrected chi connectivity index (χ4v) is 1.66. The molecule has 0 radical (unpaired) electrons. The molecule has 100 valence electrons. The predicted molar refractivity (Wildman–Crippen MR) is 71.8 cm³/mol. The number of benzene rings is 1. The molecule has 3 heteroatoms. The molecule has 1 aromatic rings. The van der Waals surface area contributed by atoms with Crippen LogP contribution in [0, 0.1) is 0 Å². The van der Waals surface area contributed by atoms with Crippen LogP contribution in [0.5, 0.6) is 5.75 Å². The van der Waals surface area contributed by atoms with Gasteiger partial charge in [0.25, 0.3) is 0 Å². The number of carbonyl (C=O) groups is 1. The molecular formula is C15H22O3. The van der Waals surface area contributed by atoms with Crippen LogP contribution in [-0.4, -0.2) is 18.7 Å². The first-order valence-corrected chi connectivity index (χ1v) is 6.50. The van der Waals surface area contributed by atoms with Gasteiger partial charge in [0.1, 0.15) is 5.75 Å². The first-order valence-electron chi connectivity index (χ1n) is 6.50. The molecule has 3 nitrogen and oxygen atoms in total. The van der Waals surface area contributed by atoms with Crippen molar-refractivity contribution < 1.29 is 14.3 Å². The first kappa shape index (κ1) is 14.7. The summed E-state index contributed by atoms with van der Waals surface area (Å²) in [7, 11) is 0. The van der Waals surface area contributed by atoms with Crippen LogP contribution in [-0.2, 0) is 16.0 Å². The molecule has 0 aliphatic heterocycles. The lowest BCUT2D eigenvalue weighted by molar-refractivity contribution is -0.131. The maximum Gasteiger partial charge on any atom is 0.308 e. The summed E-state index contributed by atoms with van der Waals surface area (Å²) in [5.74, 6) is 0.311. The Bertz CT molecular complexity index is 357. The number of aryl methyl sites for hydroxylation is 1. The molecule has 1 atom stereocenters. The van der Waals surface area contributed by atoms with E-state index in [2.05, 4.69) is 13.8 Å². The smallest absolute Gasteiger partial charge is 0.308 e. The zero-order valence-electron chi connectivity index (χ0n) is 11.4. The van der Waals surface area contributed by atoms with E-state index in [-0.39, 0.29) is 12.1 Å². The van der Waals surface area contributed by atoms with Gasteiger partial charge in [-0.2, -0.15) is 0 Å². The van der Waals surface area contributed by atoms with Crippen molar-refractivity contribution in [2.45, 2.75) is 46.1 Å². The van der Waals surface area contributed by atoms with E-state index in [1.807, 2.05) is 24.3 Å². The van der Waals surface area contributed by atoms with Gasteiger partial charge in [0.05, 0.1) is 6.10 Å². The molecule has 0 amide bonds. The molecule has 1 unspecified atom stereocenters. The van der Waals surface area contributed by atoms with Crippen molar-refractivity contribution in [1.29, 1.82) is 0 Å². The number of ether oxygens (including phenoxy) is 2. The van der Waals surface area contributed by atoms with Gasteiger partial charge in [-0.05, 0) is 43.9 Å². The first-order chi connectivity index (χ1) is 8.61. The van der Waals surface area contributed by atoms with Crippen molar-refractivity contribution >= 4 is 5.97 Å². The summed E-state index contributed by atoms with van der Waals surface area (Å²) in [5.41, 5.74) is 1.23. The second kappa shape index (κ2) is 7.88. The van der Waals surface area contributed by atoms with Gasteiger partial charge in [0, 0.05) is 13.5 Å². The summed E-state index contributed by atoms with van der Waals surface area (Å²) in [6.45, 7) is 6.44. The summed E-state index contributed by atoms with van der Waals surface area (Å²) < 4.78 is 10.6. The van der Waals surface area contributed by atoms with Gasteiger partial charge < -0.3 is 9.47 Å². The van der Waals surface area contributed by atoms with Crippen molar-refractivity contribution in [1.82, 2.24) is 0 Å². The normalized spacial score (nSPS) is 12.2. The third kappa shape index (κ3) is 5.82. The summed E-state index contributed by atoms with van der Waals surface area (Å²) in [6.07, 6.45) is 3.33. The minimum absolute atomic E-state index is 0.288. The second-order valence-electron chi connectivity index (χ2n) is 4.46. The third-order valence-electron chi connectivity index (χ3n) is 2.63. The topological polar surface area (TPSA) is 35.5 Å². The van der Waals surface area contributed by atoms with Crippen LogP contribution >= 0.6 is 0 Å². The predicted octanol–water partition coefficient (Wildman–Crippen LogP) is 3.36. The highest BCUT2D eigenvalue weighted by Crippen LogP contribution is 2.14. The van der Waals surface area contributed by atoms with Gasteiger partial charge in [-0.1, -0.05) is 19.1 Å². The van der Waals surface area contributed by atoms with Crippen molar-refractivity contribution in [3.05, 3.63) is 29.8 Å². The minimum Gasteiger partial charge on any atom is -0.427 e. The second-order valence-corrected chi connectivity index (χ2v) is 4.46. The Morgan fingerprint density at radius 2 is 1.94 bits per heavy atom. The Hall–Kier alpha value is -1.35. The van der Waals surface area contributed by atoms with E-state index in [1.54, 1.807) is 0 Å². The van der Waals surface area contributed by atoms with Crippen molar-refractivity contribution in [2.24, 2.45) is 0 Å². The van der Waals surface area contributed by atoms with E-state index in [9.17, 15) is 4.79 Å². The SMILES string of the molecule is CCCOC(C)CCc1ccc(OC(C)=O)cc1. The van der Waals surface area contributed by atoms with Gasteiger partial charge in [-0.15, -0.1) is 0 Å². The Labute approximate surface area is 109 Å². The number of esters is 1. The fraction of sp³-hybridized carbons (Fsp3) is 0.533. The largest absolute Gasteiger partial charge is 0.427 e. The maximum atomic E-state index is 10.8. The van der Waals surface area contributed by atoms with Gasteiger partial charge in [-0.25, -0.2) is 0 Å². The van der Waals surface area contributed by atoms with Gasteiger partial charge in [0.15, 0.2) is 0 Å². The molecule has 0 heterocycles. The highest BCUT2D eigenvalue weighted by Gasteiger charge is 2.03. The maximum absolute atomic E-state index is 10.8. The molecule has 0 fully saturated rings. The Kier molecular flexibility index (Phi) is 6.44. The average molecular weight is 250 g/mol. The van der Waals surface area contributed by atoms with Gasteiger partial charge >= 0.3 is 5.97 Å². The van der Waals surface area contributed by atoms with E-state index in [4.69, 9.17) is 9.47 Å². The molecule has 0 saturated heterocycles. The molecule has 1 rings (SSSR count). The van der Waals surface area contributed by atoms with Crippen LogP contribution < -0.4 is 4.74 Å². The van der Waals surface area contributed by atoms with Gasteiger partial charge in [0.2, 0.25) is 0 Å². The summed E-state index contributed by atoms with van der Waals surface area (Å²) >= 11 is 0. The number of carbonyl (C=O) groups excluding carboxylic acids is 1. The van der Waals surface area contributed by atoms with E-state index >= 15 is 0 Å². The Balaban J connectivity index is 2.36. The molecule has 18 heavy (non-hydrogen) atoms. The fourth-order valence-electron chi connectivity index (χ4n) is 1.66. The van der Waals surface area contributed by atoms with Crippen LogP contribution in [0.15, 0.2) is 24.3 Å². The highest BCUT2D eigenvalue weighted by atomic mass is 16.5. The molecule has 1 aromatic carbocycles. The van der Waals surface area contributed by atoms with Crippen molar-refractivity contribution in [2.75, 3.05) is 6.61 Å². The monoisotopic (exact) mass is 250 g/mol. The number of hydrogen-bond acceptors (Lipinski definition) is 3. The minimum atomic E-state index is -0.288. The molecule has 0 bridgehead atoms. The quantitative estimate of drug-likeness (QED) is 0.550. The van der Waals surface area contributed by atoms with Crippen LogP contribution in [0.2, 0.25) is 0 Å². The van der Waals surface area contributed by atoms with E-state index in [1.165, 1.54) is 12.5 Å². The average Bonchev–Trinajstić information content (AvgIpc) is 2.35. The molecule has 0 saturated carbocycles. The van der Waals surface area contributed by atoms with Crippen molar-refractivity contribution in [3.63, 3.8) is 0 Å². The Morgan fingerprint density at radius 1 is 1.28 bits per heavy atom. The highest BCUT2D eigenvalue weighted by molar-refractivity contribution is 5.69. The number of rotatable bonds is 7. The lowest BCUT2D eigenvalue weighted by Crippen LogP contribution is -2.10. The van der Waals surface area contributed by atoms with Crippen LogP contribution in [0.3, 0.4) is 0 Å². The lowest BCUT2D eigenvalue weighted by atomic mass is 10.1. The van der Waals surface area contributed by atoms with Crippen LogP contribution in [0.25, 0.3) is 0 Å². The summed E-state index contributed by atoms with van der Waals surface area (Å²) in [6, 6.07) is 7.64. The van der Waals surface area contributed by atoms with Crippen molar-refractivity contribution in [3.8, 4) is 5.75 Å². The van der Waals surface area contributed by atoms with E-state index < -0.39 is 0 Å². The number of hydrogen-bond donors (Lipinski definition) is 0. The van der Waals surface area contributed by atoms with E-state index in [0.717, 1.165) is 25.9 Å². The van der Waals surface area contributed by atoms with Gasteiger partial charge in [-0.3, -0.25) is 4.79 Å². The molecule has 0 spiro atoms. The Morgan fingerprint density at radius 3 is 2.50 bits per heavy atom. The van der Waals surface area contributed by atoms with E-state index in [0.29, 0.717) is 5.75 Å². The third-order valence-corrected chi connectivity index (χ3v) is 2.63. The molecule has 0 aliphatic rings. The zero-order valence-corrected chi connectivity index (χ0v) is 11.4. The molecule has 0 aromatic heterocycles. The lowest BCUT2D eigenvalue weighted by Gasteiger charge is -2.12. The molecule has 0 aliphatic carbocycles. The van der Waals surface area contributed by atoms with Crippen LogP contribution in [0.1, 0.15) is 39.2 Å². The molecular weight excluding hydrogens is 228 g/mol. The molecule has 0 N–H and O–H groups in total. The van der Waals surface area contributed by atoms with Crippen LogP contribution in [0.4, 0.5) is 0 Å². The summed E-state index contributed by atoms with van der Waals surface area (Å²) in [4.78, 5) is 10.8. The summed E-state index contributed by atoms with van der Waals surface area (Å²) in [5, 5.41) is 0.